The van der Waals surface area contributed by atoms with Crippen LogP contribution in [0.15, 0.2) is 48.5 Å². The number of hydrogen-bond donors (Lipinski definition) is 4. The van der Waals surface area contributed by atoms with Crippen LogP contribution in [0, 0.1) is 11.2 Å². The molecule has 0 aliphatic rings. The monoisotopic (exact) mass is 386 g/mol. The highest BCUT2D eigenvalue weighted by molar-refractivity contribution is 7.11. The van der Waals surface area contributed by atoms with Crippen molar-refractivity contribution in [1.29, 1.82) is 5.41 Å². The molecule has 0 saturated heterocycles. The minimum Gasteiger partial charge on any atom is -0.492 e. The SMILES string of the molecule is CC(C)NC(=N)c1c(O)nsc1Nc1ccc(Oc2ccccc2F)cc1. The van der Waals surface area contributed by atoms with E-state index in [1.807, 2.05) is 13.8 Å². The van der Waals surface area contributed by atoms with Gasteiger partial charge in [0, 0.05) is 11.7 Å². The van der Waals surface area contributed by atoms with Crippen molar-refractivity contribution >= 4 is 28.1 Å². The van der Waals surface area contributed by atoms with Crippen LogP contribution in [0.3, 0.4) is 0 Å². The van der Waals surface area contributed by atoms with Gasteiger partial charge in [0.1, 0.15) is 22.1 Å². The molecule has 0 radical (unpaired) electrons. The number of anilines is 2. The summed E-state index contributed by atoms with van der Waals surface area (Å²) >= 11 is 1.06. The van der Waals surface area contributed by atoms with E-state index in [0.717, 1.165) is 17.2 Å². The molecule has 8 heteroatoms. The summed E-state index contributed by atoms with van der Waals surface area (Å²) in [7, 11) is 0. The molecule has 3 rings (SSSR count). The number of ether oxygens (including phenoxy) is 1. The lowest BCUT2D eigenvalue weighted by molar-refractivity contribution is 0.442. The highest BCUT2D eigenvalue weighted by atomic mass is 32.1. The number of benzene rings is 2. The molecule has 0 atom stereocenters. The number of nitrogens with one attached hydrogen (secondary N) is 3. The lowest BCUT2D eigenvalue weighted by atomic mass is 10.2. The molecule has 0 fully saturated rings. The number of aromatic hydroxyl groups is 1. The Morgan fingerprint density at radius 3 is 2.56 bits per heavy atom. The van der Waals surface area contributed by atoms with Crippen LogP contribution in [0.25, 0.3) is 0 Å². The van der Waals surface area contributed by atoms with E-state index in [-0.39, 0.29) is 23.5 Å². The molecule has 1 heterocycles. The molecule has 0 amide bonds. The fraction of sp³-hybridized carbons (Fsp3) is 0.158. The van der Waals surface area contributed by atoms with Crippen molar-refractivity contribution in [2.24, 2.45) is 0 Å². The average molecular weight is 386 g/mol. The number of hydrogen-bond acceptors (Lipinski definition) is 6. The summed E-state index contributed by atoms with van der Waals surface area (Å²) < 4.78 is 23.1. The minimum atomic E-state index is -0.430. The fourth-order valence-electron chi connectivity index (χ4n) is 2.35. The third kappa shape index (κ3) is 4.53. The Labute approximate surface area is 160 Å². The minimum absolute atomic E-state index is 0.0551. The van der Waals surface area contributed by atoms with E-state index in [2.05, 4.69) is 15.0 Å². The van der Waals surface area contributed by atoms with Gasteiger partial charge in [0.05, 0.1) is 0 Å². The van der Waals surface area contributed by atoms with Crippen LogP contribution < -0.4 is 15.4 Å². The Bertz CT molecular complexity index is 941. The normalized spacial score (nSPS) is 10.7. The van der Waals surface area contributed by atoms with Crippen LogP contribution >= 0.6 is 11.5 Å². The molecule has 1 aromatic heterocycles. The van der Waals surface area contributed by atoms with Gasteiger partial charge in [-0.15, -0.1) is 0 Å². The Morgan fingerprint density at radius 1 is 1.19 bits per heavy atom. The molecule has 0 aliphatic heterocycles. The number of rotatable bonds is 6. The van der Waals surface area contributed by atoms with Gasteiger partial charge in [0.15, 0.2) is 11.6 Å². The van der Waals surface area contributed by atoms with E-state index in [4.69, 9.17) is 10.1 Å². The summed E-state index contributed by atoms with van der Waals surface area (Å²) in [6.07, 6.45) is 0. The third-order valence-corrected chi connectivity index (χ3v) is 4.29. The Kier molecular flexibility index (Phi) is 5.56. The number of para-hydroxylation sites is 1. The van der Waals surface area contributed by atoms with Crippen molar-refractivity contribution in [2.75, 3.05) is 5.32 Å². The Balaban J connectivity index is 1.74. The van der Waals surface area contributed by atoms with Crippen LogP contribution in [-0.2, 0) is 0 Å². The summed E-state index contributed by atoms with van der Waals surface area (Å²) in [4.78, 5) is 0. The van der Waals surface area contributed by atoms with Crippen molar-refractivity contribution < 1.29 is 14.2 Å². The number of aromatic nitrogens is 1. The van der Waals surface area contributed by atoms with Crippen LogP contribution in [0.4, 0.5) is 15.1 Å². The molecule has 140 valence electrons. The Morgan fingerprint density at radius 2 is 1.89 bits per heavy atom. The molecular weight excluding hydrogens is 367 g/mol. The van der Waals surface area contributed by atoms with Crippen molar-refractivity contribution in [3.05, 3.63) is 59.9 Å². The molecule has 0 unspecified atom stereocenters. The van der Waals surface area contributed by atoms with Gasteiger partial charge in [-0.3, -0.25) is 5.41 Å². The molecule has 0 saturated carbocycles. The van der Waals surface area contributed by atoms with Crippen LogP contribution in [0.5, 0.6) is 17.4 Å². The second-order valence-corrected chi connectivity index (χ2v) is 6.84. The topological polar surface area (TPSA) is 90.3 Å². The van der Waals surface area contributed by atoms with E-state index in [1.54, 1.807) is 42.5 Å². The van der Waals surface area contributed by atoms with E-state index in [0.29, 0.717) is 16.3 Å². The van der Waals surface area contributed by atoms with Crippen molar-refractivity contribution in [2.45, 2.75) is 19.9 Å². The maximum Gasteiger partial charge on any atom is 0.236 e. The molecular formula is C19H19FN4O2S. The molecule has 27 heavy (non-hydrogen) atoms. The fourth-order valence-corrected chi connectivity index (χ4v) is 3.06. The molecule has 4 N–H and O–H groups in total. The van der Waals surface area contributed by atoms with Crippen molar-refractivity contribution in [1.82, 2.24) is 9.69 Å². The highest BCUT2D eigenvalue weighted by Gasteiger charge is 2.18. The zero-order chi connectivity index (χ0) is 19.4. The third-order valence-electron chi connectivity index (χ3n) is 3.53. The van der Waals surface area contributed by atoms with E-state index < -0.39 is 5.82 Å². The Hall–Kier alpha value is -3.13. The van der Waals surface area contributed by atoms with Gasteiger partial charge < -0.3 is 20.5 Å². The smallest absolute Gasteiger partial charge is 0.236 e. The number of halogens is 1. The largest absolute Gasteiger partial charge is 0.492 e. The lowest BCUT2D eigenvalue weighted by Gasteiger charge is -2.12. The average Bonchev–Trinajstić information content (AvgIpc) is 2.98. The first-order valence-electron chi connectivity index (χ1n) is 8.27. The summed E-state index contributed by atoms with van der Waals surface area (Å²) in [6, 6.07) is 13.2. The van der Waals surface area contributed by atoms with Gasteiger partial charge in [-0.05, 0) is 61.8 Å². The molecule has 3 aromatic rings. The van der Waals surface area contributed by atoms with E-state index in [1.165, 1.54) is 6.07 Å². The van der Waals surface area contributed by atoms with Crippen LogP contribution in [0.2, 0.25) is 0 Å². The second-order valence-electron chi connectivity index (χ2n) is 6.07. The standard InChI is InChI=1S/C19H19FN4O2S/c1-11(2)22-17(21)16-18(25)24-27-19(16)23-12-7-9-13(10-8-12)26-15-6-4-3-5-14(15)20/h3-11,23H,1-2H3,(H2,21,22)(H,24,25). The predicted molar refractivity (Wildman–Crippen MR) is 105 cm³/mol. The molecule has 6 nitrogen and oxygen atoms in total. The zero-order valence-corrected chi connectivity index (χ0v) is 15.6. The molecule has 0 spiro atoms. The number of nitrogens with zero attached hydrogens (tertiary/aromatic N) is 1. The molecule has 0 aliphatic carbocycles. The summed E-state index contributed by atoms with van der Waals surface area (Å²) in [5.41, 5.74) is 1.04. The van der Waals surface area contributed by atoms with Gasteiger partial charge >= 0.3 is 0 Å². The molecule has 0 bridgehead atoms. The van der Waals surface area contributed by atoms with Crippen LogP contribution in [0.1, 0.15) is 19.4 Å². The van der Waals surface area contributed by atoms with Gasteiger partial charge in [-0.2, -0.15) is 4.37 Å². The van der Waals surface area contributed by atoms with Gasteiger partial charge in [-0.25, -0.2) is 4.39 Å². The summed E-state index contributed by atoms with van der Waals surface area (Å²) in [6.45, 7) is 3.82. The molecule has 2 aromatic carbocycles. The highest BCUT2D eigenvalue weighted by Crippen LogP contribution is 2.33. The first-order valence-corrected chi connectivity index (χ1v) is 9.05. The predicted octanol–water partition coefficient (Wildman–Crippen LogP) is 4.85. The van der Waals surface area contributed by atoms with Gasteiger partial charge in [0.25, 0.3) is 0 Å². The van der Waals surface area contributed by atoms with E-state index >= 15 is 0 Å². The van der Waals surface area contributed by atoms with Gasteiger partial charge in [-0.1, -0.05) is 12.1 Å². The quantitative estimate of drug-likeness (QED) is 0.359. The van der Waals surface area contributed by atoms with E-state index in [9.17, 15) is 9.50 Å². The lowest BCUT2D eigenvalue weighted by Crippen LogP contribution is -2.30. The number of amidine groups is 1. The van der Waals surface area contributed by atoms with Crippen molar-refractivity contribution in [3.63, 3.8) is 0 Å². The zero-order valence-electron chi connectivity index (χ0n) is 14.8. The second kappa shape index (κ2) is 8.05. The van der Waals surface area contributed by atoms with Crippen molar-refractivity contribution in [3.8, 4) is 17.4 Å². The summed E-state index contributed by atoms with van der Waals surface area (Å²) in [5.74, 6) is 0.118. The summed E-state index contributed by atoms with van der Waals surface area (Å²) in [5, 5.41) is 24.7. The first kappa shape index (κ1) is 18.7. The maximum absolute atomic E-state index is 13.7. The van der Waals surface area contributed by atoms with Gasteiger partial charge in [0.2, 0.25) is 5.88 Å². The maximum atomic E-state index is 13.7. The first-order chi connectivity index (χ1) is 12.9. The van der Waals surface area contributed by atoms with Crippen LogP contribution in [-0.4, -0.2) is 21.4 Å².